The van der Waals surface area contributed by atoms with Crippen LogP contribution in [0, 0.1) is 0 Å². The molecule has 4 heterocycles. The summed E-state index contributed by atoms with van der Waals surface area (Å²) >= 11 is 0. The minimum absolute atomic E-state index is 0.0196. The zero-order valence-electron chi connectivity index (χ0n) is 21.0. The second-order valence-corrected chi connectivity index (χ2v) is 11.2. The lowest BCUT2D eigenvalue weighted by molar-refractivity contribution is -0.156. The van der Waals surface area contributed by atoms with Gasteiger partial charge in [0.15, 0.2) is 0 Å². The first-order chi connectivity index (χ1) is 17.0. The van der Waals surface area contributed by atoms with Crippen LogP contribution >= 0.6 is 0 Å². The summed E-state index contributed by atoms with van der Waals surface area (Å²) in [7, 11) is 0. The van der Waals surface area contributed by atoms with Crippen LogP contribution in [0.2, 0.25) is 0 Å². The van der Waals surface area contributed by atoms with Crippen LogP contribution in [0.4, 0.5) is 24.8 Å². The number of imidazole rings is 1. The second-order valence-electron chi connectivity index (χ2n) is 11.2. The number of rotatable bonds is 6. The van der Waals surface area contributed by atoms with Gasteiger partial charge in [0.2, 0.25) is 5.91 Å². The molecule has 1 amide bonds. The van der Waals surface area contributed by atoms with E-state index in [0.29, 0.717) is 19.0 Å². The number of nitrogens with one attached hydrogen (secondary N) is 2. The summed E-state index contributed by atoms with van der Waals surface area (Å²) in [5.41, 5.74) is 1.18. The Balaban J connectivity index is 1.33. The van der Waals surface area contributed by atoms with Gasteiger partial charge in [-0.2, -0.15) is 13.2 Å². The average molecular weight is 506 g/mol. The first kappa shape index (κ1) is 25.0. The van der Waals surface area contributed by atoms with Gasteiger partial charge in [-0.15, -0.1) is 0 Å². The molecular formula is C25H34F3N7O. The van der Waals surface area contributed by atoms with Crippen LogP contribution in [0.15, 0.2) is 12.5 Å². The fraction of sp³-hybridized carbons (Fsp3) is 0.680. The second kappa shape index (κ2) is 9.32. The molecule has 0 aromatic carbocycles. The molecule has 196 valence electrons. The molecule has 0 radical (unpaired) electrons. The number of fused-ring (bicyclic) bond motifs is 1. The van der Waals surface area contributed by atoms with Gasteiger partial charge in [0.25, 0.3) is 0 Å². The Bertz CT molecular complexity index is 1110. The molecule has 8 nitrogen and oxygen atoms in total. The van der Waals surface area contributed by atoms with Gasteiger partial charge in [-0.1, -0.05) is 0 Å². The van der Waals surface area contributed by atoms with E-state index in [9.17, 15) is 18.0 Å². The molecule has 5 rings (SSSR count). The van der Waals surface area contributed by atoms with Gasteiger partial charge in [-0.05, 0) is 46.5 Å². The topological polar surface area (TPSA) is 88.0 Å². The third kappa shape index (κ3) is 5.35. The van der Waals surface area contributed by atoms with E-state index in [2.05, 4.69) is 52.1 Å². The van der Waals surface area contributed by atoms with E-state index in [1.54, 1.807) is 0 Å². The molecule has 3 aliphatic rings. The van der Waals surface area contributed by atoms with Crippen LogP contribution in [-0.4, -0.2) is 56.8 Å². The van der Waals surface area contributed by atoms with E-state index in [-0.39, 0.29) is 28.7 Å². The van der Waals surface area contributed by atoms with Crippen molar-refractivity contribution in [3.05, 3.63) is 29.6 Å². The summed E-state index contributed by atoms with van der Waals surface area (Å²) < 4.78 is 43.8. The Morgan fingerprint density at radius 3 is 2.44 bits per heavy atom. The van der Waals surface area contributed by atoms with E-state index >= 15 is 0 Å². The Kier molecular flexibility index (Phi) is 6.46. The summed E-state index contributed by atoms with van der Waals surface area (Å²) in [5, 5.41) is 6.04. The highest BCUT2D eigenvalue weighted by molar-refractivity contribution is 5.94. The minimum Gasteiger partial charge on any atom is -0.356 e. The molecule has 2 aliphatic heterocycles. The number of nitrogens with zero attached hydrogens (tertiary/aromatic N) is 5. The van der Waals surface area contributed by atoms with E-state index in [4.69, 9.17) is 4.98 Å². The lowest BCUT2D eigenvalue weighted by atomic mass is 9.90. The molecule has 1 saturated heterocycles. The average Bonchev–Trinajstić information content (AvgIpc) is 3.57. The maximum Gasteiger partial charge on any atom is 0.396 e. The highest BCUT2D eigenvalue weighted by Crippen LogP contribution is 2.47. The van der Waals surface area contributed by atoms with Crippen LogP contribution < -0.4 is 15.5 Å². The molecule has 1 saturated carbocycles. The lowest BCUT2D eigenvalue weighted by Gasteiger charge is -2.36. The Morgan fingerprint density at radius 1 is 1.08 bits per heavy atom. The van der Waals surface area contributed by atoms with E-state index < -0.39 is 24.4 Å². The normalized spacial score (nSPS) is 21.4. The monoisotopic (exact) mass is 505 g/mol. The van der Waals surface area contributed by atoms with E-state index in [0.717, 1.165) is 37.4 Å². The molecule has 11 heteroatoms. The van der Waals surface area contributed by atoms with Crippen molar-refractivity contribution in [2.45, 2.75) is 88.9 Å². The van der Waals surface area contributed by atoms with E-state index in [1.165, 1.54) is 19.2 Å². The number of alkyl halides is 3. The van der Waals surface area contributed by atoms with Crippen molar-refractivity contribution in [2.75, 3.05) is 29.9 Å². The molecule has 36 heavy (non-hydrogen) atoms. The largest absolute Gasteiger partial charge is 0.396 e. The van der Waals surface area contributed by atoms with Crippen molar-refractivity contribution in [1.29, 1.82) is 0 Å². The third-order valence-electron chi connectivity index (χ3n) is 7.24. The molecule has 1 atom stereocenters. The Labute approximate surface area is 209 Å². The summed E-state index contributed by atoms with van der Waals surface area (Å²) in [4.78, 5) is 27.0. The van der Waals surface area contributed by atoms with Gasteiger partial charge in [0.1, 0.15) is 23.8 Å². The summed E-state index contributed by atoms with van der Waals surface area (Å²) in [6.07, 6.45) is 2.16. The van der Waals surface area contributed by atoms with Crippen LogP contribution in [0.5, 0.6) is 0 Å². The number of aromatic nitrogens is 4. The van der Waals surface area contributed by atoms with Crippen molar-refractivity contribution in [2.24, 2.45) is 0 Å². The first-order valence-electron chi connectivity index (χ1n) is 12.8. The zero-order valence-corrected chi connectivity index (χ0v) is 21.0. The number of halogens is 3. The number of piperidine rings is 1. The number of anilines is 2. The maximum atomic E-state index is 13.8. The molecule has 0 bridgehead atoms. The molecule has 2 aromatic rings. The molecule has 2 aromatic heterocycles. The smallest absolute Gasteiger partial charge is 0.356 e. The molecule has 0 spiro atoms. The standard InChI is InChI=1S/C25H34F3N7O/c1-24(2,3)31-8-11-35-13-18(15-4-5-15)32-22(35)16-6-9-34(10-7-16)23-20-17(25(26,27)28)12-19(36)33-21(20)29-14-30-23/h13-17,31H,4-12H2,1-3H3,(H,29,30,33,36). The number of hydrogen-bond acceptors (Lipinski definition) is 6. The van der Waals surface area contributed by atoms with Gasteiger partial charge >= 0.3 is 6.18 Å². The highest BCUT2D eigenvalue weighted by Gasteiger charge is 2.48. The van der Waals surface area contributed by atoms with E-state index in [1.807, 2.05) is 4.90 Å². The SMILES string of the molecule is CC(C)(C)NCCn1cc(C2CC2)nc1C1CCN(c2ncnc3c2C(C(F)(F)F)CC(=O)N3)CC1. The van der Waals surface area contributed by atoms with Gasteiger partial charge in [-0.3, -0.25) is 4.79 Å². The van der Waals surface area contributed by atoms with Crippen LogP contribution in [-0.2, 0) is 11.3 Å². The summed E-state index contributed by atoms with van der Waals surface area (Å²) in [6.45, 7) is 9.25. The van der Waals surface area contributed by atoms with Crippen molar-refractivity contribution in [1.82, 2.24) is 24.8 Å². The molecular weight excluding hydrogens is 471 g/mol. The summed E-state index contributed by atoms with van der Waals surface area (Å²) in [6, 6.07) is 0. The number of amides is 1. The zero-order chi connectivity index (χ0) is 25.7. The Hall–Kier alpha value is -2.69. The van der Waals surface area contributed by atoms with Gasteiger partial charge in [0, 0.05) is 56.2 Å². The molecule has 2 fully saturated rings. The predicted octanol–water partition coefficient (Wildman–Crippen LogP) is 4.31. The van der Waals surface area contributed by atoms with Crippen molar-refractivity contribution >= 4 is 17.5 Å². The number of carbonyl (C=O) groups is 1. The fourth-order valence-corrected chi connectivity index (χ4v) is 5.24. The first-order valence-corrected chi connectivity index (χ1v) is 12.8. The van der Waals surface area contributed by atoms with Crippen molar-refractivity contribution in [3.8, 4) is 0 Å². The van der Waals surface area contributed by atoms with Gasteiger partial charge in [-0.25, -0.2) is 15.0 Å². The molecule has 1 unspecified atom stereocenters. The highest BCUT2D eigenvalue weighted by atomic mass is 19.4. The summed E-state index contributed by atoms with van der Waals surface area (Å²) in [5.74, 6) is -0.453. The van der Waals surface area contributed by atoms with Crippen molar-refractivity contribution < 1.29 is 18.0 Å². The fourth-order valence-electron chi connectivity index (χ4n) is 5.24. The minimum atomic E-state index is -4.55. The quantitative estimate of drug-likeness (QED) is 0.608. The van der Waals surface area contributed by atoms with Crippen LogP contribution in [0.25, 0.3) is 0 Å². The van der Waals surface area contributed by atoms with Crippen molar-refractivity contribution in [3.63, 3.8) is 0 Å². The molecule has 2 N–H and O–H groups in total. The maximum absolute atomic E-state index is 13.8. The van der Waals surface area contributed by atoms with Gasteiger partial charge in [0.05, 0.1) is 17.2 Å². The Morgan fingerprint density at radius 2 is 1.81 bits per heavy atom. The lowest BCUT2D eigenvalue weighted by Crippen LogP contribution is -2.39. The van der Waals surface area contributed by atoms with Crippen LogP contribution in [0.3, 0.4) is 0 Å². The predicted molar refractivity (Wildman–Crippen MR) is 130 cm³/mol. The van der Waals surface area contributed by atoms with Gasteiger partial charge < -0.3 is 20.1 Å². The van der Waals surface area contributed by atoms with Crippen LogP contribution in [0.1, 0.15) is 87.7 Å². The third-order valence-corrected chi connectivity index (χ3v) is 7.24. The number of hydrogen-bond donors (Lipinski definition) is 2. The molecule has 1 aliphatic carbocycles. The number of carbonyl (C=O) groups excluding carboxylic acids is 1.